The van der Waals surface area contributed by atoms with E-state index in [-0.39, 0.29) is 41.0 Å². The quantitative estimate of drug-likeness (QED) is 0.00735. The summed E-state index contributed by atoms with van der Waals surface area (Å²) in [6.45, 7) is 2.79. The molecule has 2 amide bonds. The van der Waals surface area contributed by atoms with E-state index in [1.54, 1.807) is 54.6 Å². The number of nitro groups is 1. The van der Waals surface area contributed by atoms with Gasteiger partial charge >= 0.3 is 21.3 Å². The highest BCUT2D eigenvalue weighted by Gasteiger charge is 2.37. The molecule has 392 valence electrons. The molecule has 19 nitrogen and oxygen atoms in total. The van der Waals surface area contributed by atoms with E-state index in [1.165, 1.54) is 115 Å². The second-order valence-corrected chi connectivity index (χ2v) is 20.5. The zero-order valence-corrected chi connectivity index (χ0v) is 43.3. The third kappa shape index (κ3) is 21.0. The molecule has 0 aliphatic carbocycles. The average molecular weight is 1040 g/mol. The summed E-state index contributed by atoms with van der Waals surface area (Å²) < 4.78 is 40.3. The fourth-order valence-corrected chi connectivity index (χ4v) is 9.88. The normalized spacial score (nSPS) is 12.8. The van der Waals surface area contributed by atoms with Crippen LogP contribution in [0.15, 0.2) is 103 Å². The monoisotopic (exact) mass is 1040 g/mol. The number of phosphoric ester groups is 2. The second kappa shape index (κ2) is 30.0. The van der Waals surface area contributed by atoms with Crippen LogP contribution in [0.1, 0.15) is 148 Å². The first-order valence-corrected chi connectivity index (χ1v) is 27.9. The number of carbonyl (C=O) groups is 3. The first-order chi connectivity index (χ1) is 35.1. The SMILES string of the molecule is CCCCCCCCCCCCCCCCCCc1ccc(C(=O)NCCOP(=O)(O)OP(=O)(O)Oc2ccc(Nc3nc(Nc4ccc(NC(C)=O)cc4)ncc3[N+](=O)[O-])c(C(=O)c3ccccc3)c2)cc1. The Morgan fingerprint density at radius 2 is 1.29 bits per heavy atom. The molecule has 2 atom stereocenters. The number of aromatic nitrogens is 2. The first kappa shape index (κ1) is 57.6. The van der Waals surface area contributed by atoms with Crippen molar-refractivity contribution in [3.63, 3.8) is 0 Å². The highest BCUT2D eigenvalue weighted by Crippen LogP contribution is 2.60. The van der Waals surface area contributed by atoms with Crippen LogP contribution in [0.25, 0.3) is 0 Å². The van der Waals surface area contributed by atoms with Gasteiger partial charge < -0.3 is 30.7 Å². The summed E-state index contributed by atoms with van der Waals surface area (Å²) in [5.41, 5.74) is 1.81. The van der Waals surface area contributed by atoms with Gasteiger partial charge in [0.2, 0.25) is 17.7 Å². The molecule has 0 fully saturated rings. The Balaban J connectivity index is 1.08. The maximum atomic E-state index is 13.9. The number of amides is 2. The van der Waals surface area contributed by atoms with Gasteiger partial charge in [0.05, 0.1) is 17.2 Å². The van der Waals surface area contributed by atoms with Gasteiger partial charge in [-0.1, -0.05) is 146 Å². The van der Waals surface area contributed by atoms with Crippen molar-refractivity contribution in [3.8, 4) is 5.75 Å². The number of anilines is 5. The third-order valence-electron chi connectivity index (χ3n) is 11.6. The van der Waals surface area contributed by atoms with Gasteiger partial charge in [-0.3, -0.25) is 33.9 Å². The number of ketones is 1. The van der Waals surface area contributed by atoms with Crippen LogP contribution in [-0.4, -0.2) is 55.4 Å². The Labute approximate surface area is 426 Å². The highest BCUT2D eigenvalue weighted by molar-refractivity contribution is 7.61. The molecular weight excluding hydrogens is 977 g/mol. The van der Waals surface area contributed by atoms with E-state index in [4.69, 9.17) is 9.05 Å². The first-order valence-electron chi connectivity index (χ1n) is 24.9. The number of unbranched alkanes of at least 4 members (excludes halogenated alkanes) is 15. The lowest BCUT2D eigenvalue weighted by Gasteiger charge is -2.18. The van der Waals surface area contributed by atoms with Crippen molar-refractivity contribution in [2.24, 2.45) is 0 Å². The van der Waals surface area contributed by atoms with Crippen molar-refractivity contribution in [2.75, 3.05) is 29.1 Å². The van der Waals surface area contributed by atoms with Crippen molar-refractivity contribution in [1.29, 1.82) is 0 Å². The number of benzene rings is 4. The van der Waals surface area contributed by atoms with Crippen molar-refractivity contribution < 1.29 is 51.6 Å². The van der Waals surface area contributed by atoms with Gasteiger partial charge in [0.15, 0.2) is 5.78 Å². The van der Waals surface area contributed by atoms with Crippen LogP contribution in [0.2, 0.25) is 0 Å². The average Bonchev–Trinajstić information content (AvgIpc) is 3.35. The van der Waals surface area contributed by atoms with Gasteiger partial charge in [0.25, 0.3) is 5.91 Å². The highest BCUT2D eigenvalue weighted by atomic mass is 31.3. The number of phosphoric acid groups is 2. The van der Waals surface area contributed by atoms with Crippen LogP contribution in [0.3, 0.4) is 0 Å². The van der Waals surface area contributed by atoms with Crippen LogP contribution in [0.4, 0.5) is 34.5 Å². The van der Waals surface area contributed by atoms with Crippen molar-refractivity contribution in [2.45, 2.75) is 123 Å². The third-order valence-corrected chi connectivity index (χ3v) is 14.2. The van der Waals surface area contributed by atoms with Crippen molar-refractivity contribution in [3.05, 3.63) is 136 Å². The van der Waals surface area contributed by atoms with E-state index in [0.717, 1.165) is 43.2 Å². The van der Waals surface area contributed by atoms with Gasteiger partial charge in [0, 0.05) is 41.5 Å². The minimum Gasteiger partial charge on any atom is -0.404 e. The summed E-state index contributed by atoms with van der Waals surface area (Å²) in [6.07, 6.45) is 22.8. The number of rotatable bonds is 34. The molecule has 4 aromatic carbocycles. The summed E-state index contributed by atoms with van der Waals surface area (Å²) in [5.74, 6) is -2.26. The lowest BCUT2D eigenvalue weighted by molar-refractivity contribution is -0.384. The Bertz CT molecular complexity index is 2660. The van der Waals surface area contributed by atoms with Crippen LogP contribution in [-0.2, 0) is 29.2 Å². The van der Waals surface area contributed by atoms with Gasteiger partial charge in [0.1, 0.15) is 11.9 Å². The zero-order valence-electron chi connectivity index (χ0n) is 41.5. The van der Waals surface area contributed by atoms with Crippen molar-refractivity contribution >= 4 is 67.8 Å². The topological polar surface area (TPSA) is 271 Å². The maximum absolute atomic E-state index is 13.9. The molecule has 0 saturated carbocycles. The summed E-state index contributed by atoms with van der Waals surface area (Å²) >= 11 is 0. The molecule has 1 aromatic heterocycles. The molecular formula is C52H67N7O12P2. The van der Waals surface area contributed by atoms with Crippen LogP contribution in [0, 0.1) is 10.1 Å². The summed E-state index contributed by atoms with van der Waals surface area (Å²) in [4.78, 5) is 78.5. The largest absolute Gasteiger partial charge is 0.536 e. The minimum atomic E-state index is -5.45. The molecule has 0 radical (unpaired) electrons. The van der Waals surface area contributed by atoms with E-state index in [0.29, 0.717) is 16.9 Å². The molecule has 0 saturated heterocycles. The van der Waals surface area contributed by atoms with E-state index >= 15 is 0 Å². The number of hydrogen-bond acceptors (Lipinski definition) is 14. The van der Waals surface area contributed by atoms with Crippen molar-refractivity contribution in [1.82, 2.24) is 15.3 Å². The fraction of sp³-hybridized carbons (Fsp3) is 0.404. The van der Waals surface area contributed by atoms with Crippen LogP contribution >= 0.6 is 15.6 Å². The number of aryl methyl sites for hydroxylation is 1. The number of hydrogen-bond donors (Lipinski definition) is 6. The molecule has 2 unspecified atom stereocenters. The minimum absolute atomic E-state index is 0.0537. The number of nitrogens with one attached hydrogen (secondary N) is 4. The standard InChI is InChI=1S/C52H67N7O12P2/c1-3-4-5-6-7-8-9-10-11-12-13-14-15-16-17-19-22-40-25-27-42(28-26-40)51(62)53-35-36-69-72(65,66)71-73(67,68)70-45-33-34-47(46(37-45)49(61)41-23-20-18-21-24-41)57-50-48(59(63)64)38-54-52(58-50)56-44-31-29-43(30-32-44)55-39(2)60/h18,20-21,23-34,37-38H,3-17,19,22,35-36H2,1-2H3,(H,53,62)(H,55,60)(H,65,66)(H,67,68)(H2,54,56,57,58). The molecule has 0 spiro atoms. The molecule has 0 aliphatic heterocycles. The molecule has 0 bridgehead atoms. The molecule has 5 rings (SSSR count). The van der Waals surface area contributed by atoms with E-state index in [9.17, 15) is 43.4 Å². The second-order valence-electron chi connectivity index (χ2n) is 17.5. The molecule has 0 aliphatic rings. The zero-order chi connectivity index (χ0) is 52.5. The lowest BCUT2D eigenvalue weighted by atomic mass is 10.0. The van der Waals surface area contributed by atoms with Crippen LogP contribution < -0.4 is 25.8 Å². The fourth-order valence-electron chi connectivity index (χ4n) is 7.81. The summed E-state index contributed by atoms with van der Waals surface area (Å²) in [7, 11) is -10.7. The molecule has 1 heterocycles. The smallest absolute Gasteiger partial charge is 0.404 e. The molecule has 73 heavy (non-hydrogen) atoms. The molecule has 6 N–H and O–H groups in total. The van der Waals surface area contributed by atoms with E-state index in [2.05, 4.69) is 42.5 Å². The predicted molar refractivity (Wildman–Crippen MR) is 282 cm³/mol. The Morgan fingerprint density at radius 1 is 0.699 bits per heavy atom. The van der Waals surface area contributed by atoms with Gasteiger partial charge in [-0.15, -0.1) is 0 Å². The Morgan fingerprint density at radius 3 is 1.88 bits per heavy atom. The summed E-state index contributed by atoms with van der Waals surface area (Å²) in [6, 6.07) is 24.8. The van der Waals surface area contributed by atoms with E-state index < -0.39 is 50.3 Å². The van der Waals surface area contributed by atoms with E-state index in [1.807, 2.05) is 12.1 Å². The molecule has 5 aromatic rings. The van der Waals surface area contributed by atoms with Crippen LogP contribution in [0.5, 0.6) is 5.75 Å². The summed E-state index contributed by atoms with van der Waals surface area (Å²) in [5, 5.41) is 22.9. The van der Waals surface area contributed by atoms with Gasteiger partial charge in [-0.05, 0) is 73.0 Å². The van der Waals surface area contributed by atoms with Gasteiger partial charge in [-0.2, -0.15) is 9.29 Å². The number of carbonyl (C=O) groups excluding carboxylic acids is 3. The maximum Gasteiger partial charge on any atom is 0.536 e. The number of nitrogens with zero attached hydrogens (tertiary/aromatic N) is 3. The molecule has 21 heteroatoms. The lowest BCUT2D eigenvalue weighted by Crippen LogP contribution is -2.27. The predicted octanol–water partition coefficient (Wildman–Crippen LogP) is 12.9. The van der Waals surface area contributed by atoms with Gasteiger partial charge in [-0.25, -0.2) is 14.1 Å². The Hall–Kier alpha value is -6.33. The Kier molecular flexibility index (Phi) is 23.7.